The highest BCUT2D eigenvalue weighted by molar-refractivity contribution is 5.87. The maximum Gasteiger partial charge on any atom is 0.242 e. The first kappa shape index (κ1) is 24.4. The van der Waals surface area contributed by atoms with Crippen molar-refractivity contribution in [1.82, 2.24) is 10.2 Å². The fourth-order valence-electron chi connectivity index (χ4n) is 3.39. The first-order valence-corrected chi connectivity index (χ1v) is 11.4. The number of carbonyl (C=O) groups excluding carboxylic acids is 2. The van der Waals surface area contributed by atoms with E-state index in [9.17, 15) is 9.59 Å². The summed E-state index contributed by atoms with van der Waals surface area (Å²) >= 11 is 0. The Morgan fingerprint density at radius 2 is 1.71 bits per heavy atom. The van der Waals surface area contributed by atoms with Crippen molar-refractivity contribution in [2.24, 2.45) is 0 Å². The number of nitrogens with one attached hydrogen (secondary N) is 1. The van der Waals surface area contributed by atoms with E-state index in [-0.39, 0.29) is 11.8 Å². The van der Waals surface area contributed by atoms with Crippen LogP contribution < -0.4 is 10.1 Å². The van der Waals surface area contributed by atoms with Gasteiger partial charge in [0.2, 0.25) is 11.8 Å². The van der Waals surface area contributed by atoms with Gasteiger partial charge >= 0.3 is 0 Å². The lowest BCUT2D eigenvalue weighted by Crippen LogP contribution is -2.49. The molecule has 0 radical (unpaired) electrons. The van der Waals surface area contributed by atoms with Gasteiger partial charge in [0, 0.05) is 19.5 Å². The molecule has 2 amide bonds. The van der Waals surface area contributed by atoms with Gasteiger partial charge in [-0.05, 0) is 43.9 Å². The summed E-state index contributed by atoms with van der Waals surface area (Å²) in [6.07, 6.45) is 3.48. The SMILES string of the molecule is CCCCNC(=O)[C@H](CC)N(Cc1ccc(C)cc1)C(=O)CCCOc1ccccc1. The van der Waals surface area contributed by atoms with E-state index < -0.39 is 6.04 Å². The first-order chi connectivity index (χ1) is 15.0. The van der Waals surface area contributed by atoms with Gasteiger partial charge < -0.3 is 15.0 Å². The molecule has 1 N–H and O–H groups in total. The summed E-state index contributed by atoms with van der Waals surface area (Å²) in [4.78, 5) is 27.7. The number of benzene rings is 2. The third kappa shape index (κ3) is 8.44. The Labute approximate surface area is 186 Å². The molecule has 0 fully saturated rings. The van der Waals surface area contributed by atoms with Crippen molar-refractivity contribution in [1.29, 1.82) is 0 Å². The van der Waals surface area contributed by atoms with Gasteiger partial charge in [0.1, 0.15) is 11.8 Å². The van der Waals surface area contributed by atoms with E-state index >= 15 is 0 Å². The van der Waals surface area contributed by atoms with Gasteiger partial charge in [0.05, 0.1) is 6.61 Å². The minimum absolute atomic E-state index is 0.0188. The number of para-hydroxylation sites is 1. The normalized spacial score (nSPS) is 11.6. The molecule has 2 aromatic rings. The van der Waals surface area contributed by atoms with Crippen LogP contribution in [0.1, 0.15) is 57.1 Å². The molecule has 0 aromatic heterocycles. The minimum atomic E-state index is -0.472. The van der Waals surface area contributed by atoms with Crippen LogP contribution in [0.4, 0.5) is 0 Å². The maximum absolute atomic E-state index is 13.2. The van der Waals surface area contributed by atoms with Gasteiger partial charge in [0.25, 0.3) is 0 Å². The molecule has 0 bridgehead atoms. The number of unbranched alkanes of at least 4 members (excludes halogenated alkanes) is 1. The largest absolute Gasteiger partial charge is 0.494 e. The first-order valence-electron chi connectivity index (χ1n) is 11.4. The minimum Gasteiger partial charge on any atom is -0.494 e. The van der Waals surface area contributed by atoms with E-state index in [2.05, 4.69) is 12.2 Å². The predicted molar refractivity (Wildman–Crippen MR) is 125 cm³/mol. The van der Waals surface area contributed by atoms with Crippen LogP contribution >= 0.6 is 0 Å². The van der Waals surface area contributed by atoms with Crippen LogP contribution in [0, 0.1) is 6.92 Å². The average molecular weight is 425 g/mol. The van der Waals surface area contributed by atoms with Gasteiger partial charge in [-0.3, -0.25) is 9.59 Å². The Morgan fingerprint density at radius 3 is 2.35 bits per heavy atom. The quantitative estimate of drug-likeness (QED) is 0.466. The molecule has 0 aliphatic heterocycles. The van der Waals surface area contributed by atoms with Crippen molar-refractivity contribution in [3.05, 3.63) is 65.7 Å². The Kier molecular flexibility index (Phi) is 10.6. The second-order valence-electron chi connectivity index (χ2n) is 7.84. The van der Waals surface area contributed by atoms with Crippen molar-refractivity contribution >= 4 is 11.8 Å². The molecule has 31 heavy (non-hydrogen) atoms. The lowest BCUT2D eigenvalue weighted by molar-refractivity contribution is -0.141. The van der Waals surface area contributed by atoms with E-state index in [0.717, 1.165) is 24.2 Å². The molecule has 0 aliphatic rings. The third-order valence-electron chi connectivity index (χ3n) is 5.24. The highest BCUT2D eigenvalue weighted by Gasteiger charge is 2.28. The smallest absolute Gasteiger partial charge is 0.242 e. The summed E-state index contributed by atoms with van der Waals surface area (Å²) in [5.41, 5.74) is 2.20. The van der Waals surface area contributed by atoms with Crippen molar-refractivity contribution in [2.45, 2.75) is 65.5 Å². The van der Waals surface area contributed by atoms with Crippen molar-refractivity contribution < 1.29 is 14.3 Å². The summed E-state index contributed by atoms with van der Waals surface area (Å²) in [7, 11) is 0. The Hall–Kier alpha value is -2.82. The number of ether oxygens (including phenoxy) is 1. The fraction of sp³-hybridized carbons (Fsp3) is 0.462. The molecule has 2 aromatic carbocycles. The molecule has 5 nitrogen and oxygen atoms in total. The number of amides is 2. The van der Waals surface area contributed by atoms with E-state index in [0.29, 0.717) is 39.0 Å². The monoisotopic (exact) mass is 424 g/mol. The van der Waals surface area contributed by atoms with Crippen LogP contribution in [-0.2, 0) is 16.1 Å². The van der Waals surface area contributed by atoms with E-state index in [1.165, 1.54) is 5.56 Å². The van der Waals surface area contributed by atoms with Crippen molar-refractivity contribution in [2.75, 3.05) is 13.2 Å². The van der Waals surface area contributed by atoms with Crippen LogP contribution in [0.5, 0.6) is 5.75 Å². The molecule has 0 saturated heterocycles. The van der Waals surface area contributed by atoms with Crippen LogP contribution in [0.2, 0.25) is 0 Å². The van der Waals surface area contributed by atoms with E-state index in [1.807, 2.05) is 68.4 Å². The zero-order chi connectivity index (χ0) is 22.5. The molecule has 0 heterocycles. The van der Waals surface area contributed by atoms with Gasteiger partial charge in [-0.15, -0.1) is 0 Å². The summed E-state index contributed by atoms with van der Waals surface area (Å²) in [5, 5.41) is 3.00. The van der Waals surface area contributed by atoms with Crippen LogP contribution in [-0.4, -0.2) is 35.9 Å². The number of aryl methyl sites for hydroxylation is 1. The summed E-state index contributed by atoms with van der Waals surface area (Å²) < 4.78 is 5.72. The Bertz CT molecular complexity index is 790. The summed E-state index contributed by atoms with van der Waals surface area (Å²) in [6.45, 7) is 7.62. The fourth-order valence-corrected chi connectivity index (χ4v) is 3.39. The average Bonchev–Trinajstić information content (AvgIpc) is 2.78. The zero-order valence-corrected chi connectivity index (χ0v) is 19.1. The standard InChI is InChI=1S/C26H36N2O3/c1-4-6-18-27-26(30)24(5-2)28(20-22-16-14-21(3)15-17-22)25(29)13-10-19-31-23-11-8-7-9-12-23/h7-9,11-12,14-17,24H,4-6,10,13,18-20H2,1-3H3,(H,27,30)/t24-/m0/s1. The van der Waals surface area contributed by atoms with Crippen molar-refractivity contribution in [3.8, 4) is 5.75 Å². The number of hydrogen-bond donors (Lipinski definition) is 1. The predicted octanol–water partition coefficient (Wildman–Crippen LogP) is 4.88. The lowest BCUT2D eigenvalue weighted by Gasteiger charge is -2.31. The summed E-state index contributed by atoms with van der Waals surface area (Å²) in [6, 6.07) is 17.2. The molecule has 0 saturated carbocycles. The molecule has 0 unspecified atom stereocenters. The van der Waals surface area contributed by atoms with Gasteiger partial charge in [0.15, 0.2) is 0 Å². The van der Waals surface area contributed by atoms with Crippen LogP contribution in [0.15, 0.2) is 54.6 Å². The molecular weight excluding hydrogens is 388 g/mol. The molecule has 5 heteroatoms. The number of nitrogens with zero attached hydrogens (tertiary/aromatic N) is 1. The Balaban J connectivity index is 2.02. The second kappa shape index (κ2) is 13.5. The molecule has 0 aliphatic carbocycles. The number of hydrogen-bond acceptors (Lipinski definition) is 3. The lowest BCUT2D eigenvalue weighted by atomic mass is 10.1. The third-order valence-corrected chi connectivity index (χ3v) is 5.24. The van der Waals surface area contributed by atoms with Crippen molar-refractivity contribution in [3.63, 3.8) is 0 Å². The molecule has 168 valence electrons. The molecule has 2 rings (SSSR count). The Morgan fingerprint density at radius 1 is 1.00 bits per heavy atom. The number of carbonyl (C=O) groups is 2. The maximum atomic E-state index is 13.2. The summed E-state index contributed by atoms with van der Waals surface area (Å²) in [5.74, 6) is 0.708. The molecule has 1 atom stereocenters. The van der Waals surface area contributed by atoms with E-state index in [4.69, 9.17) is 4.74 Å². The molecular formula is C26H36N2O3. The second-order valence-corrected chi connectivity index (χ2v) is 7.84. The van der Waals surface area contributed by atoms with Crippen LogP contribution in [0.25, 0.3) is 0 Å². The van der Waals surface area contributed by atoms with Crippen LogP contribution in [0.3, 0.4) is 0 Å². The van der Waals surface area contributed by atoms with E-state index in [1.54, 1.807) is 4.90 Å². The highest BCUT2D eigenvalue weighted by atomic mass is 16.5. The number of rotatable bonds is 13. The zero-order valence-electron chi connectivity index (χ0n) is 19.1. The molecule has 0 spiro atoms. The highest BCUT2D eigenvalue weighted by Crippen LogP contribution is 2.16. The van der Waals surface area contributed by atoms with Gasteiger partial charge in [-0.2, -0.15) is 0 Å². The van der Waals surface area contributed by atoms with Gasteiger partial charge in [-0.1, -0.05) is 68.3 Å². The van der Waals surface area contributed by atoms with Gasteiger partial charge in [-0.25, -0.2) is 0 Å². The topological polar surface area (TPSA) is 58.6 Å².